The fourth-order valence-corrected chi connectivity index (χ4v) is 3.33. The Morgan fingerprint density at radius 1 is 1.37 bits per heavy atom. The maximum Gasteiger partial charge on any atom is 0.342 e. The van der Waals surface area contributed by atoms with Crippen LogP contribution < -0.4 is 5.01 Å². The van der Waals surface area contributed by atoms with Crippen molar-refractivity contribution < 1.29 is 14.7 Å². The van der Waals surface area contributed by atoms with Gasteiger partial charge in [-0.3, -0.25) is 9.89 Å². The van der Waals surface area contributed by atoms with Crippen molar-refractivity contribution in [3.05, 3.63) is 47.1 Å². The van der Waals surface area contributed by atoms with E-state index in [1.165, 1.54) is 11.1 Å². The van der Waals surface area contributed by atoms with E-state index >= 15 is 0 Å². The molecule has 1 amide bonds. The number of hydrogen-bond donors (Lipinski definition) is 2. The van der Waals surface area contributed by atoms with Crippen LogP contribution in [0.4, 0.5) is 5.69 Å². The second-order valence-electron chi connectivity index (χ2n) is 5.96. The molecule has 140 valence electrons. The number of carbonyl (C=O) groups is 2. The highest BCUT2D eigenvalue weighted by atomic mass is 32.2. The highest BCUT2D eigenvalue weighted by molar-refractivity contribution is 8.03. The van der Waals surface area contributed by atoms with Crippen LogP contribution in [0.3, 0.4) is 0 Å². The predicted molar refractivity (Wildman–Crippen MR) is 102 cm³/mol. The van der Waals surface area contributed by atoms with Crippen LogP contribution in [0.15, 0.2) is 51.6 Å². The number of rotatable bonds is 7. The molecule has 0 spiro atoms. The Morgan fingerprint density at radius 2 is 2.11 bits per heavy atom. The Balaban J connectivity index is 1.82. The summed E-state index contributed by atoms with van der Waals surface area (Å²) < 4.78 is 0. The van der Waals surface area contributed by atoms with Crippen molar-refractivity contribution in [2.24, 2.45) is 11.0 Å². The number of hydrogen-bond acceptors (Lipinski definition) is 6. The fourth-order valence-electron chi connectivity index (χ4n) is 2.60. The molecule has 8 nitrogen and oxygen atoms in total. The fraction of sp³-hybridized carbons (Fsp3) is 0.278. The van der Waals surface area contributed by atoms with E-state index in [0.717, 1.165) is 24.6 Å². The van der Waals surface area contributed by atoms with E-state index in [4.69, 9.17) is 0 Å². The molecule has 2 aromatic rings. The summed E-state index contributed by atoms with van der Waals surface area (Å²) in [7, 11) is 0. The molecule has 2 N–H and O–H groups in total. The third-order valence-corrected chi connectivity index (χ3v) is 4.81. The lowest BCUT2D eigenvalue weighted by Crippen LogP contribution is -2.26. The number of amides is 1. The number of aryl methyl sites for hydroxylation is 1. The predicted octanol–water partition coefficient (Wildman–Crippen LogP) is 2.86. The number of para-hydroxylation sites is 1. The summed E-state index contributed by atoms with van der Waals surface area (Å²) in [5.41, 5.74) is 1.17. The van der Waals surface area contributed by atoms with Gasteiger partial charge in [0.1, 0.15) is 5.82 Å². The van der Waals surface area contributed by atoms with E-state index < -0.39 is 11.9 Å². The van der Waals surface area contributed by atoms with E-state index in [0.29, 0.717) is 22.4 Å². The van der Waals surface area contributed by atoms with Crippen molar-refractivity contribution in [3.8, 4) is 0 Å². The number of nitrogens with one attached hydrogen (secondary N) is 1. The van der Waals surface area contributed by atoms with E-state index in [1.54, 1.807) is 19.1 Å². The van der Waals surface area contributed by atoms with Gasteiger partial charge < -0.3 is 5.11 Å². The summed E-state index contributed by atoms with van der Waals surface area (Å²) in [5.74, 6) is -1.46. The van der Waals surface area contributed by atoms with Gasteiger partial charge in [0.2, 0.25) is 5.16 Å². The van der Waals surface area contributed by atoms with Gasteiger partial charge in [0.15, 0.2) is 0 Å². The zero-order chi connectivity index (χ0) is 19.4. The molecule has 1 aromatic heterocycles. The number of thioether (sulfide) groups is 1. The number of nitrogens with zero attached hydrogens (tertiary/aromatic N) is 4. The van der Waals surface area contributed by atoms with Crippen LogP contribution in [0, 0.1) is 5.92 Å². The first-order valence-corrected chi connectivity index (χ1v) is 9.29. The normalized spacial score (nSPS) is 17.3. The lowest BCUT2D eigenvalue weighted by atomic mass is 10.0. The molecule has 0 unspecified atom stereocenters. The van der Waals surface area contributed by atoms with Crippen LogP contribution in [0.1, 0.15) is 26.1 Å². The van der Waals surface area contributed by atoms with Crippen molar-refractivity contribution >= 4 is 35.0 Å². The second kappa shape index (κ2) is 8.17. The molecule has 1 atom stereocenters. The van der Waals surface area contributed by atoms with Crippen molar-refractivity contribution in [2.45, 2.75) is 31.8 Å². The average molecular weight is 385 g/mol. The van der Waals surface area contributed by atoms with Gasteiger partial charge in [-0.2, -0.15) is 10.1 Å². The molecule has 1 aromatic carbocycles. The molecule has 2 heterocycles. The molecule has 1 aliphatic heterocycles. The number of anilines is 1. The summed E-state index contributed by atoms with van der Waals surface area (Å²) in [5, 5.41) is 22.3. The van der Waals surface area contributed by atoms with Crippen LogP contribution in [-0.4, -0.2) is 37.9 Å². The van der Waals surface area contributed by atoms with Crippen molar-refractivity contribution in [3.63, 3.8) is 0 Å². The summed E-state index contributed by atoms with van der Waals surface area (Å²) >= 11 is 0.914. The number of aliphatic carboxylic acids is 1. The van der Waals surface area contributed by atoms with E-state index in [-0.39, 0.29) is 10.8 Å². The number of H-pyrrole nitrogens is 1. The first-order chi connectivity index (χ1) is 13.0. The van der Waals surface area contributed by atoms with Crippen LogP contribution >= 0.6 is 11.8 Å². The van der Waals surface area contributed by atoms with E-state index in [9.17, 15) is 14.7 Å². The van der Waals surface area contributed by atoms with Gasteiger partial charge in [0, 0.05) is 6.42 Å². The zero-order valence-corrected chi connectivity index (χ0v) is 15.7. The van der Waals surface area contributed by atoms with Gasteiger partial charge >= 0.3 is 5.97 Å². The first kappa shape index (κ1) is 18.8. The first-order valence-electron chi connectivity index (χ1n) is 8.48. The largest absolute Gasteiger partial charge is 0.477 e. The molecule has 0 radical (unpaired) electrons. The summed E-state index contributed by atoms with van der Waals surface area (Å²) in [6.07, 6.45) is 3.05. The summed E-state index contributed by atoms with van der Waals surface area (Å²) in [6, 6.07) is 9.02. The van der Waals surface area contributed by atoms with Crippen LogP contribution in [0.25, 0.3) is 0 Å². The maximum absolute atomic E-state index is 12.7. The molecule has 27 heavy (non-hydrogen) atoms. The molecular formula is C18H19N5O3S. The van der Waals surface area contributed by atoms with Crippen molar-refractivity contribution in [1.29, 1.82) is 0 Å². The third-order valence-electron chi connectivity index (χ3n) is 3.91. The summed E-state index contributed by atoms with van der Waals surface area (Å²) in [4.78, 5) is 28.7. The molecule has 0 saturated carbocycles. The number of aromatic nitrogens is 3. The molecule has 9 heteroatoms. The SMILES string of the molecule is CCCc1nc(S/C(=C\[C@H]2C(=O)N(c3ccccc3)N=C2C)C(=O)O)n[nH]1. The molecule has 1 aliphatic rings. The molecule has 0 fully saturated rings. The number of hydrazone groups is 1. The number of benzene rings is 1. The van der Waals surface area contributed by atoms with Crippen molar-refractivity contribution in [2.75, 3.05) is 5.01 Å². The van der Waals surface area contributed by atoms with E-state index in [2.05, 4.69) is 20.3 Å². The monoisotopic (exact) mass is 385 g/mol. The molecule has 0 bridgehead atoms. The Morgan fingerprint density at radius 3 is 2.78 bits per heavy atom. The minimum atomic E-state index is -1.14. The van der Waals surface area contributed by atoms with Gasteiger partial charge in [-0.25, -0.2) is 9.78 Å². The third kappa shape index (κ3) is 4.25. The Labute approximate surface area is 160 Å². The lowest BCUT2D eigenvalue weighted by Gasteiger charge is -2.12. The molecule has 3 rings (SSSR count). The zero-order valence-electron chi connectivity index (χ0n) is 14.9. The Bertz CT molecular complexity index is 907. The van der Waals surface area contributed by atoms with Crippen LogP contribution in [0.5, 0.6) is 0 Å². The van der Waals surface area contributed by atoms with Gasteiger partial charge in [-0.05, 0) is 43.3 Å². The Hall–Kier alpha value is -2.94. The second-order valence-corrected chi connectivity index (χ2v) is 6.97. The maximum atomic E-state index is 12.7. The highest BCUT2D eigenvalue weighted by Gasteiger charge is 2.34. The molecular weight excluding hydrogens is 366 g/mol. The molecule has 0 saturated heterocycles. The van der Waals surface area contributed by atoms with Gasteiger partial charge in [0.05, 0.1) is 22.2 Å². The average Bonchev–Trinajstić information content (AvgIpc) is 3.21. The van der Waals surface area contributed by atoms with Gasteiger partial charge in [-0.15, -0.1) is 5.10 Å². The lowest BCUT2D eigenvalue weighted by molar-refractivity contribution is -0.131. The number of carboxylic acids is 1. The van der Waals surface area contributed by atoms with Crippen molar-refractivity contribution in [1.82, 2.24) is 15.2 Å². The van der Waals surface area contributed by atoms with Gasteiger partial charge in [-0.1, -0.05) is 25.1 Å². The minimum Gasteiger partial charge on any atom is -0.477 e. The number of carbonyl (C=O) groups excluding carboxylic acids is 1. The quantitative estimate of drug-likeness (QED) is 0.560. The van der Waals surface area contributed by atoms with Crippen LogP contribution in [-0.2, 0) is 16.0 Å². The highest BCUT2D eigenvalue weighted by Crippen LogP contribution is 2.29. The smallest absolute Gasteiger partial charge is 0.342 e. The molecule has 0 aliphatic carbocycles. The van der Waals surface area contributed by atoms with Crippen LogP contribution in [0.2, 0.25) is 0 Å². The Kier molecular flexibility index (Phi) is 5.70. The number of carboxylic acid groups (broad SMARTS) is 1. The van der Waals surface area contributed by atoms with E-state index in [1.807, 2.05) is 25.1 Å². The standard InChI is InChI=1S/C18H19N5O3S/c1-3-7-15-19-18(21-20-15)27-14(17(25)26)10-13-11(2)22-23(16(13)24)12-8-5-4-6-9-12/h4-6,8-10,13H,3,7H2,1-2H3,(H,25,26)(H,19,20,21)/b14-10-/t13-/m1/s1. The number of aromatic amines is 1. The topological polar surface area (TPSA) is 112 Å². The summed E-state index contributed by atoms with van der Waals surface area (Å²) in [6.45, 7) is 3.72. The minimum absolute atomic E-state index is 0.0140. The van der Waals surface area contributed by atoms with Gasteiger partial charge in [0.25, 0.3) is 5.91 Å².